The zero-order chi connectivity index (χ0) is 12.3. The second-order valence-electron chi connectivity index (χ2n) is 3.92. The molecule has 0 aliphatic carbocycles. The van der Waals surface area contributed by atoms with E-state index in [-0.39, 0.29) is 6.10 Å². The van der Waals surface area contributed by atoms with Crippen molar-refractivity contribution in [3.8, 4) is 0 Å². The Morgan fingerprint density at radius 2 is 2.24 bits per heavy atom. The molecule has 0 saturated carbocycles. The summed E-state index contributed by atoms with van der Waals surface area (Å²) in [6.07, 6.45) is 1.87. The van der Waals surface area contributed by atoms with E-state index in [0.29, 0.717) is 0 Å². The molecule has 3 nitrogen and oxygen atoms in total. The Labute approximate surface area is 110 Å². The molecule has 2 aromatic rings. The van der Waals surface area contributed by atoms with Gasteiger partial charge in [-0.2, -0.15) is 5.10 Å². The minimum atomic E-state index is 0.0599. The molecule has 1 atom stereocenters. The molecule has 90 valence electrons. The topological polar surface area (TPSA) is 27.1 Å². The number of aromatic nitrogens is 2. The number of ether oxygens (including phenoxy) is 1. The lowest BCUT2D eigenvalue weighted by molar-refractivity contribution is 0.112. The Bertz CT molecular complexity index is 496. The molecule has 0 bridgehead atoms. The van der Waals surface area contributed by atoms with Gasteiger partial charge in [0.1, 0.15) is 0 Å². The first-order valence-electron chi connectivity index (χ1n) is 5.49. The van der Waals surface area contributed by atoms with Crippen LogP contribution in [0.3, 0.4) is 0 Å². The van der Waals surface area contributed by atoms with E-state index in [0.717, 1.165) is 16.7 Å². The third-order valence-electron chi connectivity index (χ3n) is 2.74. The lowest BCUT2D eigenvalue weighted by Crippen LogP contribution is -2.09. The van der Waals surface area contributed by atoms with Crippen molar-refractivity contribution < 1.29 is 4.74 Å². The Hall–Kier alpha value is -1.13. The van der Waals surface area contributed by atoms with Crippen LogP contribution < -0.4 is 0 Å². The van der Waals surface area contributed by atoms with E-state index in [1.54, 1.807) is 7.11 Å². The Kier molecular flexibility index (Phi) is 3.97. The molecular formula is C13H15BrN2O. The van der Waals surface area contributed by atoms with Crippen molar-refractivity contribution in [2.45, 2.75) is 19.6 Å². The summed E-state index contributed by atoms with van der Waals surface area (Å²) in [4.78, 5) is 0. The summed E-state index contributed by atoms with van der Waals surface area (Å²) in [5.74, 6) is 0. The fourth-order valence-corrected chi connectivity index (χ4v) is 2.20. The van der Waals surface area contributed by atoms with E-state index in [4.69, 9.17) is 4.74 Å². The van der Waals surface area contributed by atoms with Crippen molar-refractivity contribution >= 4 is 15.9 Å². The van der Waals surface area contributed by atoms with Gasteiger partial charge in [-0.1, -0.05) is 28.1 Å². The number of halogens is 1. The SMILES string of the molecule is CO[C@H](C)c1ccnn1Cc1cccc(Br)c1. The van der Waals surface area contributed by atoms with Gasteiger partial charge in [-0.05, 0) is 30.7 Å². The van der Waals surface area contributed by atoms with Crippen LogP contribution in [0.25, 0.3) is 0 Å². The monoisotopic (exact) mass is 294 g/mol. The second-order valence-corrected chi connectivity index (χ2v) is 4.84. The van der Waals surface area contributed by atoms with Crippen molar-refractivity contribution in [3.63, 3.8) is 0 Å². The van der Waals surface area contributed by atoms with Crippen molar-refractivity contribution in [1.82, 2.24) is 9.78 Å². The fraction of sp³-hybridized carbons (Fsp3) is 0.308. The molecule has 0 fully saturated rings. The number of methoxy groups -OCH3 is 1. The molecule has 0 amide bonds. The second kappa shape index (κ2) is 5.47. The van der Waals surface area contributed by atoms with Gasteiger partial charge in [0.15, 0.2) is 0 Å². The average molecular weight is 295 g/mol. The van der Waals surface area contributed by atoms with Gasteiger partial charge < -0.3 is 4.74 Å². The summed E-state index contributed by atoms with van der Waals surface area (Å²) in [6.45, 7) is 2.78. The third-order valence-corrected chi connectivity index (χ3v) is 3.23. The van der Waals surface area contributed by atoms with E-state index in [1.165, 1.54) is 5.56 Å². The number of rotatable bonds is 4. The minimum absolute atomic E-state index is 0.0599. The molecule has 0 N–H and O–H groups in total. The van der Waals surface area contributed by atoms with Crippen LogP contribution in [0.15, 0.2) is 41.0 Å². The van der Waals surface area contributed by atoms with Gasteiger partial charge in [0.2, 0.25) is 0 Å². The molecule has 0 radical (unpaired) electrons. The highest BCUT2D eigenvalue weighted by atomic mass is 79.9. The van der Waals surface area contributed by atoms with Gasteiger partial charge in [0, 0.05) is 17.8 Å². The maximum Gasteiger partial charge on any atom is 0.0959 e. The van der Waals surface area contributed by atoms with Gasteiger partial charge >= 0.3 is 0 Å². The first kappa shape index (κ1) is 12.3. The van der Waals surface area contributed by atoms with E-state index < -0.39 is 0 Å². The Balaban J connectivity index is 2.22. The van der Waals surface area contributed by atoms with Crippen LogP contribution in [-0.2, 0) is 11.3 Å². The number of benzene rings is 1. The van der Waals surface area contributed by atoms with Crippen molar-refractivity contribution in [2.75, 3.05) is 7.11 Å². The molecule has 17 heavy (non-hydrogen) atoms. The van der Waals surface area contributed by atoms with Gasteiger partial charge in [0.05, 0.1) is 18.3 Å². The van der Waals surface area contributed by atoms with Crippen LogP contribution >= 0.6 is 15.9 Å². The van der Waals surface area contributed by atoms with Crippen molar-refractivity contribution in [2.24, 2.45) is 0 Å². The molecule has 0 saturated heterocycles. The number of nitrogens with zero attached hydrogens (tertiary/aromatic N) is 2. The lowest BCUT2D eigenvalue weighted by Gasteiger charge is -2.12. The molecule has 0 aliphatic heterocycles. The van der Waals surface area contributed by atoms with E-state index >= 15 is 0 Å². The predicted octanol–water partition coefficient (Wildman–Crippen LogP) is 3.40. The predicted molar refractivity (Wildman–Crippen MR) is 70.9 cm³/mol. The highest BCUT2D eigenvalue weighted by molar-refractivity contribution is 9.10. The summed E-state index contributed by atoms with van der Waals surface area (Å²) >= 11 is 3.47. The standard InChI is InChI=1S/C13H15BrN2O/c1-10(17-2)13-6-7-15-16(13)9-11-4-3-5-12(14)8-11/h3-8,10H,9H2,1-2H3/t10-/m1/s1. The third kappa shape index (κ3) is 2.96. The summed E-state index contributed by atoms with van der Waals surface area (Å²) in [5.41, 5.74) is 2.31. The number of hydrogen-bond donors (Lipinski definition) is 0. The largest absolute Gasteiger partial charge is 0.375 e. The maximum atomic E-state index is 5.33. The van der Waals surface area contributed by atoms with Crippen LogP contribution in [0, 0.1) is 0 Å². The maximum absolute atomic E-state index is 5.33. The van der Waals surface area contributed by atoms with Gasteiger partial charge in [-0.15, -0.1) is 0 Å². The van der Waals surface area contributed by atoms with Crippen LogP contribution in [0.4, 0.5) is 0 Å². The quantitative estimate of drug-likeness (QED) is 0.864. The summed E-state index contributed by atoms with van der Waals surface area (Å²) in [7, 11) is 1.71. The van der Waals surface area contributed by atoms with Crippen molar-refractivity contribution in [3.05, 3.63) is 52.3 Å². The van der Waals surface area contributed by atoms with Gasteiger partial charge in [0.25, 0.3) is 0 Å². The van der Waals surface area contributed by atoms with Crippen LogP contribution in [0.5, 0.6) is 0 Å². The van der Waals surface area contributed by atoms with Crippen LogP contribution in [0.2, 0.25) is 0 Å². The molecule has 2 rings (SSSR count). The molecule has 0 spiro atoms. The van der Waals surface area contributed by atoms with Crippen LogP contribution in [-0.4, -0.2) is 16.9 Å². The average Bonchev–Trinajstić information content (AvgIpc) is 2.76. The minimum Gasteiger partial charge on any atom is -0.375 e. The fourth-order valence-electron chi connectivity index (χ4n) is 1.75. The molecule has 1 aromatic carbocycles. The van der Waals surface area contributed by atoms with E-state index in [1.807, 2.05) is 36.0 Å². The highest BCUT2D eigenvalue weighted by Gasteiger charge is 2.10. The summed E-state index contributed by atoms with van der Waals surface area (Å²) in [5, 5.41) is 4.33. The molecule has 0 aliphatic rings. The molecule has 0 unspecified atom stereocenters. The van der Waals surface area contributed by atoms with Gasteiger partial charge in [-0.25, -0.2) is 0 Å². The molecule has 4 heteroatoms. The highest BCUT2D eigenvalue weighted by Crippen LogP contribution is 2.17. The summed E-state index contributed by atoms with van der Waals surface area (Å²) in [6, 6.07) is 10.2. The van der Waals surface area contributed by atoms with Crippen LogP contribution in [0.1, 0.15) is 24.3 Å². The van der Waals surface area contributed by atoms with E-state index in [9.17, 15) is 0 Å². The summed E-state index contributed by atoms with van der Waals surface area (Å²) < 4.78 is 8.38. The van der Waals surface area contributed by atoms with Gasteiger partial charge in [-0.3, -0.25) is 4.68 Å². The Morgan fingerprint density at radius 3 is 2.94 bits per heavy atom. The van der Waals surface area contributed by atoms with E-state index in [2.05, 4.69) is 33.2 Å². The Morgan fingerprint density at radius 1 is 1.41 bits per heavy atom. The zero-order valence-corrected chi connectivity index (χ0v) is 11.5. The smallest absolute Gasteiger partial charge is 0.0959 e. The number of hydrogen-bond acceptors (Lipinski definition) is 2. The van der Waals surface area contributed by atoms with Crippen molar-refractivity contribution in [1.29, 1.82) is 0 Å². The molecule has 1 aromatic heterocycles. The zero-order valence-electron chi connectivity index (χ0n) is 9.93. The normalized spacial score (nSPS) is 12.6. The molecular weight excluding hydrogens is 280 g/mol. The molecule has 1 heterocycles. The first-order chi connectivity index (χ1) is 8.20. The first-order valence-corrected chi connectivity index (χ1v) is 6.29. The lowest BCUT2D eigenvalue weighted by atomic mass is 10.2.